The zero-order valence-electron chi connectivity index (χ0n) is 13.0. The fourth-order valence-electron chi connectivity index (χ4n) is 3.37. The van der Waals surface area contributed by atoms with Crippen molar-refractivity contribution in [3.8, 4) is 0 Å². The van der Waals surface area contributed by atoms with Crippen LogP contribution in [0.15, 0.2) is 0 Å². The summed E-state index contributed by atoms with van der Waals surface area (Å²) in [6.07, 6.45) is 7.18. The minimum absolute atomic E-state index is 0.00884. The van der Waals surface area contributed by atoms with Crippen molar-refractivity contribution < 1.29 is 9.53 Å². The lowest BCUT2D eigenvalue weighted by atomic mass is 9.84. The largest absolute Gasteiger partial charge is 0.379 e. The maximum absolute atomic E-state index is 12.4. The van der Waals surface area contributed by atoms with Crippen molar-refractivity contribution in [1.82, 2.24) is 10.6 Å². The fraction of sp³-hybridized carbons (Fsp3) is 0.938. The van der Waals surface area contributed by atoms with Gasteiger partial charge in [0.25, 0.3) is 0 Å². The summed E-state index contributed by atoms with van der Waals surface area (Å²) >= 11 is 0. The van der Waals surface area contributed by atoms with Crippen molar-refractivity contribution >= 4 is 5.91 Å². The van der Waals surface area contributed by atoms with Crippen LogP contribution in [0, 0.1) is 11.8 Å². The first-order valence-corrected chi connectivity index (χ1v) is 8.36. The molecule has 1 amide bonds. The van der Waals surface area contributed by atoms with E-state index in [9.17, 15) is 4.79 Å². The molecule has 1 saturated heterocycles. The molecule has 4 nitrogen and oxygen atoms in total. The third-order valence-electron chi connectivity index (χ3n) is 4.84. The van der Waals surface area contributed by atoms with E-state index in [2.05, 4.69) is 24.5 Å². The second-order valence-electron chi connectivity index (χ2n) is 6.34. The molecule has 0 aromatic rings. The normalized spacial score (nSPS) is 34.1. The predicted molar refractivity (Wildman–Crippen MR) is 80.6 cm³/mol. The van der Waals surface area contributed by atoms with Crippen molar-refractivity contribution in [3.05, 3.63) is 0 Å². The van der Waals surface area contributed by atoms with Crippen LogP contribution in [0.3, 0.4) is 0 Å². The van der Waals surface area contributed by atoms with E-state index in [1.165, 1.54) is 19.3 Å². The van der Waals surface area contributed by atoms with Crippen molar-refractivity contribution in [2.24, 2.45) is 11.8 Å². The number of hydrogen-bond donors (Lipinski definition) is 2. The maximum atomic E-state index is 12.4. The van der Waals surface area contributed by atoms with E-state index in [1.54, 1.807) is 0 Å². The molecule has 2 aliphatic rings. The molecule has 1 saturated carbocycles. The van der Waals surface area contributed by atoms with Gasteiger partial charge < -0.3 is 15.4 Å². The highest BCUT2D eigenvalue weighted by Gasteiger charge is 2.34. The first-order valence-electron chi connectivity index (χ1n) is 8.36. The number of nitrogens with one attached hydrogen (secondary N) is 2. The molecule has 2 N–H and O–H groups in total. The van der Waals surface area contributed by atoms with Gasteiger partial charge in [0, 0.05) is 12.1 Å². The van der Waals surface area contributed by atoms with E-state index < -0.39 is 0 Å². The molecule has 2 atom stereocenters. The van der Waals surface area contributed by atoms with Gasteiger partial charge in [0.1, 0.15) is 0 Å². The quantitative estimate of drug-likeness (QED) is 0.784. The van der Waals surface area contributed by atoms with Crippen LogP contribution in [-0.4, -0.2) is 37.7 Å². The van der Waals surface area contributed by atoms with Crippen LogP contribution in [-0.2, 0) is 9.53 Å². The number of amides is 1. The molecule has 0 radical (unpaired) electrons. The van der Waals surface area contributed by atoms with Gasteiger partial charge in [-0.1, -0.05) is 20.3 Å². The minimum atomic E-state index is -0.00884. The zero-order chi connectivity index (χ0) is 14.4. The van der Waals surface area contributed by atoms with Gasteiger partial charge in [-0.3, -0.25) is 4.79 Å². The van der Waals surface area contributed by atoms with Crippen LogP contribution in [0.1, 0.15) is 52.4 Å². The number of carbonyl (C=O) groups excluding carboxylic acids is 1. The Morgan fingerprint density at radius 2 is 1.90 bits per heavy atom. The Balaban J connectivity index is 1.76. The Hall–Kier alpha value is -0.610. The average Bonchev–Trinajstić information content (AvgIpc) is 2.94. The van der Waals surface area contributed by atoms with E-state index in [0.717, 1.165) is 31.7 Å². The highest BCUT2D eigenvalue weighted by molar-refractivity contribution is 5.80. The van der Waals surface area contributed by atoms with Crippen LogP contribution >= 0.6 is 0 Å². The number of ether oxygens (including phenoxy) is 1. The molecule has 2 unspecified atom stereocenters. The molecule has 0 aromatic carbocycles. The van der Waals surface area contributed by atoms with Crippen LogP contribution < -0.4 is 10.6 Å². The smallest absolute Gasteiger partial charge is 0.227 e. The van der Waals surface area contributed by atoms with Crippen molar-refractivity contribution in [2.75, 3.05) is 19.8 Å². The summed E-state index contributed by atoms with van der Waals surface area (Å²) in [5, 5.41) is 6.68. The van der Waals surface area contributed by atoms with Crippen molar-refractivity contribution in [2.45, 2.75) is 64.5 Å². The molecule has 2 rings (SSSR count). The molecule has 20 heavy (non-hydrogen) atoms. The standard InChI is InChI=1S/C16H30N2O2/c1-3-9-17-15-11-20-10-14(15)16(19)18-13-7-5-12(4-2)6-8-13/h12-15,17H,3-11H2,1-2H3,(H,18,19). The summed E-state index contributed by atoms with van der Waals surface area (Å²) in [6, 6.07) is 0.583. The molecule has 0 bridgehead atoms. The van der Waals surface area contributed by atoms with E-state index in [1.807, 2.05) is 0 Å². The lowest BCUT2D eigenvalue weighted by Crippen LogP contribution is -2.47. The molecule has 1 aliphatic carbocycles. The summed E-state index contributed by atoms with van der Waals surface area (Å²) in [4.78, 5) is 12.4. The molecule has 0 aromatic heterocycles. The van der Waals surface area contributed by atoms with E-state index >= 15 is 0 Å². The van der Waals surface area contributed by atoms with Crippen LogP contribution in [0.2, 0.25) is 0 Å². The third-order valence-corrected chi connectivity index (χ3v) is 4.84. The Morgan fingerprint density at radius 1 is 1.15 bits per heavy atom. The Morgan fingerprint density at radius 3 is 2.55 bits per heavy atom. The van der Waals surface area contributed by atoms with Gasteiger partial charge in [-0.15, -0.1) is 0 Å². The highest BCUT2D eigenvalue weighted by atomic mass is 16.5. The Labute approximate surface area is 123 Å². The van der Waals surface area contributed by atoms with Crippen molar-refractivity contribution in [1.29, 1.82) is 0 Å². The monoisotopic (exact) mass is 282 g/mol. The second kappa shape index (κ2) is 7.99. The van der Waals surface area contributed by atoms with Gasteiger partial charge in [0.05, 0.1) is 19.1 Å². The Bertz CT molecular complexity index is 301. The van der Waals surface area contributed by atoms with Gasteiger partial charge in [0.15, 0.2) is 0 Å². The molecular formula is C16H30N2O2. The maximum Gasteiger partial charge on any atom is 0.227 e. The number of carbonyl (C=O) groups is 1. The summed E-state index contributed by atoms with van der Waals surface area (Å²) < 4.78 is 5.49. The molecule has 2 fully saturated rings. The predicted octanol–water partition coefficient (Wildman–Crippen LogP) is 2.09. The topological polar surface area (TPSA) is 50.4 Å². The summed E-state index contributed by atoms with van der Waals surface area (Å²) in [5.74, 6) is 1.05. The summed E-state index contributed by atoms with van der Waals surface area (Å²) in [5.41, 5.74) is 0. The highest BCUT2D eigenvalue weighted by Crippen LogP contribution is 2.27. The third kappa shape index (κ3) is 4.19. The van der Waals surface area contributed by atoms with Crippen LogP contribution in [0.25, 0.3) is 0 Å². The van der Waals surface area contributed by atoms with Crippen LogP contribution in [0.4, 0.5) is 0 Å². The number of rotatable bonds is 6. The van der Waals surface area contributed by atoms with Gasteiger partial charge in [-0.2, -0.15) is 0 Å². The van der Waals surface area contributed by atoms with E-state index in [-0.39, 0.29) is 17.9 Å². The minimum Gasteiger partial charge on any atom is -0.379 e. The van der Waals surface area contributed by atoms with Gasteiger partial charge in [-0.25, -0.2) is 0 Å². The molecule has 0 spiro atoms. The first kappa shape index (κ1) is 15.8. The molecule has 1 heterocycles. The van der Waals surface area contributed by atoms with Gasteiger partial charge in [-0.05, 0) is 44.6 Å². The van der Waals surface area contributed by atoms with E-state index in [4.69, 9.17) is 4.74 Å². The summed E-state index contributed by atoms with van der Waals surface area (Å²) in [7, 11) is 0. The second-order valence-corrected chi connectivity index (χ2v) is 6.34. The fourth-order valence-corrected chi connectivity index (χ4v) is 3.37. The zero-order valence-corrected chi connectivity index (χ0v) is 13.0. The molecule has 4 heteroatoms. The lowest BCUT2D eigenvalue weighted by molar-refractivity contribution is -0.126. The SMILES string of the molecule is CCCNC1COCC1C(=O)NC1CCC(CC)CC1. The van der Waals surface area contributed by atoms with Gasteiger partial charge in [0.2, 0.25) is 5.91 Å². The molecule has 1 aliphatic heterocycles. The summed E-state index contributed by atoms with van der Waals surface area (Å²) in [6.45, 7) is 6.60. The molecule has 116 valence electrons. The van der Waals surface area contributed by atoms with Crippen LogP contribution in [0.5, 0.6) is 0 Å². The lowest BCUT2D eigenvalue weighted by Gasteiger charge is -2.30. The van der Waals surface area contributed by atoms with E-state index in [0.29, 0.717) is 19.3 Å². The Kier molecular flexibility index (Phi) is 6.30. The first-order chi connectivity index (χ1) is 9.74. The average molecular weight is 282 g/mol. The molecular weight excluding hydrogens is 252 g/mol. The van der Waals surface area contributed by atoms with Gasteiger partial charge >= 0.3 is 0 Å². The number of hydrogen-bond acceptors (Lipinski definition) is 3. The van der Waals surface area contributed by atoms with Crippen molar-refractivity contribution in [3.63, 3.8) is 0 Å².